The van der Waals surface area contributed by atoms with Crippen LogP contribution in [0.1, 0.15) is 63.8 Å². The number of rotatable bonds is 4. The molecular formula is C29H33NO3S. The number of fused-ring (bicyclic) bond motifs is 5. The summed E-state index contributed by atoms with van der Waals surface area (Å²) in [6.07, 6.45) is 2.98. The van der Waals surface area contributed by atoms with E-state index in [2.05, 4.69) is 39.3 Å². The second-order valence-corrected chi connectivity index (χ2v) is 12.7. The van der Waals surface area contributed by atoms with E-state index < -0.39 is 10.0 Å². The largest absolute Gasteiger partial charge is 0.460 e. The lowest BCUT2D eigenvalue weighted by molar-refractivity contribution is 0.210. The number of benzene rings is 3. The molecule has 5 rings (SSSR count). The summed E-state index contributed by atoms with van der Waals surface area (Å²) in [4.78, 5) is 0.267. The number of hydrogen-bond acceptors (Lipinski definition) is 3. The first kappa shape index (κ1) is 23.0. The van der Waals surface area contributed by atoms with Gasteiger partial charge in [-0.05, 0) is 53.9 Å². The van der Waals surface area contributed by atoms with Crippen LogP contribution in [0.3, 0.4) is 0 Å². The van der Waals surface area contributed by atoms with Gasteiger partial charge in [0.25, 0.3) is 10.0 Å². The molecule has 0 saturated carbocycles. The standard InChI is InChI=1S/C29H33NO3S/c1-18(2)19-10-13-21(14-11-19)34(31,32)30-26-17-25-24-16-20(29(3,4)5)12-15-27(24)33-28(25)23-9-7-6-8-22(23)26/h6-11,13-14,17-18,20,30H,12,15-16H2,1-5H3/t20-/m1/s1. The maximum Gasteiger partial charge on any atom is 0.261 e. The maximum atomic E-state index is 13.3. The highest BCUT2D eigenvalue weighted by Crippen LogP contribution is 2.44. The molecule has 5 heteroatoms. The summed E-state index contributed by atoms with van der Waals surface area (Å²) in [6.45, 7) is 11.1. The van der Waals surface area contributed by atoms with E-state index in [4.69, 9.17) is 4.42 Å². The molecule has 1 aliphatic carbocycles. The lowest BCUT2D eigenvalue weighted by Gasteiger charge is -2.33. The third kappa shape index (κ3) is 4.00. The molecule has 0 aliphatic heterocycles. The van der Waals surface area contributed by atoms with Crippen molar-refractivity contribution in [3.63, 3.8) is 0 Å². The summed E-state index contributed by atoms with van der Waals surface area (Å²) < 4.78 is 36.0. The molecule has 0 saturated heterocycles. The predicted molar refractivity (Wildman–Crippen MR) is 140 cm³/mol. The lowest BCUT2D eigenvalue weighted by atomic mass is 9.71. The normalized spacial score (nSPS) is 16.8. The van der Waals surface area contributed by atoms with Crippen molar-refractivity contribution in [3.05, 3.63) is 71.5 Å². The molecule has 0 radical (unpaired) electrons. The zero-order chi connectivity index (χ0) is 24.3. The van der Waals surface area contributed by atoms with Crippen LogP contribution < -0.4 is 4.72 Å². The van der Waals surface area contributed by atoms with E-state index >= 15 is 0 Å². The van der Waals surface area contributed by atoms with Gasteiger partial charge in [0.1, 0.15) is 11.3 Å². The molecule has 1 aliphatic rings. The molecule has 0 spiro atoms. The second kappa shape index (κ2) is 8.16. The highest BCUT2D eigenvalue weighted by Gasteiger charge is 2.32. The van der Waals surface area contributed by atoms with Crippen molar-refractivity contribution < 1.29 is 12.8 Å². The van der Waals surface area contributed by atoms with E-state index in [1.54, 1.807) is 12.1 Å². The van der Waals surface area contributed by atoms with Crippen LogP contribution in [0.15, 0.2) is 63.9 Å². The SMILES string of the molecule is CC(C)c1ccc(S(=O)(=O)Nc2cc3c4c(oc3c3ccccc23)CC[C@@H](C(C)(C)C)C4)cc1. The van der Waals surface area contributed by atoms with Crippen LogP contribution in [0.5, 0.6) is 0 Å². The van der Waals surface area contributed by atoms with Gasteiger partial charge in [0, 0.05) is 28.1 Å². The topological polar surface area (TPSA) is 59.3 Å². The van der Waals surface area contributed by atoms with Crippen LogP contribution in [-0.2, 0) is 22.9 Å². The van der Waals surface area contributed by atoms with E-state index in [1.165, 1.54) is 5.56 Å². The van der Waals surface area contributed by atoms with Gasteiger partial charge in [0.2, 0.25) is 0 Å². The number of nitrogens with one attached hydrogen (secondary N) is 1. The van der Waals surface area contributed by atoms with Crippen LogP contribution in [-0.4, -0.2) is 8.42 Å². The van der Waals surface area contributed by atoms with Crippen LogP contribution in [0, 0.1) is 11.3 Å². The fourth-order valence-electron chi connectivity index (χ4n) is 5.16. The zero-order valence-corrected chi connectivity index (χ0v) is 21.4. The molecule has 1 heterocycles. The minimum Gasteiger partial charge on any atom is -0.460 e. The zero-order valence-electron chi connectivity index (χ0n) is 20.6. The molecule has 4 aromatic rings. The third-order valence-corrected chi connectivity index (χ3v) is 8.76. The fraction of sp³-hybridized carbons (Fsp3) is 0.379. The fourth-order valence-corrected chi connectivity index (χ4v) is 6.23. The summed E-state index contributed by atoms with van der Waals surface area (Å²) >= 11 is 0. The van der Waals surface area contributed by atoms with Crippen molar-refractivity contribution >= 4 is 37.5 Å². The Kier molecular flexibility index (Phi) is 5.51. The van der Waals surface area contributed by atoms with E-state index in [9.17, 15) is 8.42 Å². The molecule has 4 nitrogen and oxygen atoms in total. The average Bonchev–Trinajstić information content (AvgIpc) is 3.16. The van der Waals surface area contributed by atoms with Crippen molar-refractivity contribution in [2.45, 2.75) is 64.7 Å². The first-order chi connectivity index (χ1) is 16.0. The van der Waals surface area contributed by atoms with Crippen molar-refractivity contribution in [1.82, 2.24) is 0 Å². The predicted octanol–water partition coefficient (Wildman–Crippen LogP) is 7.66. The minimum atomic E-state index is -3.73. The van der Waals surface area contributed by atoms with Crippen LogP contribution in [0.2, 0.25) is 0 Å². The summed E-state index contributed by atoms with van der Waals surface area (Å²) in [5, 5.41) is 2.81. The summed E-state index contributed by atoms with van der Waals surface area (Å²) in [6, 6.07) is 17.0. The molecule has 0 unspecified atom stereocenters. The van der Waals surface area contributed by atoms with Crippen molar-refractivity contribution in [3.8, 4) is 0 Å². The quantitative estimate of drug-likeness (QED) is 0.329. The molecule has 1 N–H and O–H groups in total. The van der Waals surface area contributed by atoms with Gasteiger partial charge in [-0.25, -0.2) is 8.42 Å². The molecule has 1 aromatic heterocycles. The van der Waals surface area contributed by atoms with Gasteiger partial charge in [-0.1, -0.05) is 71.0 Å². The Hall–Kier alpha value is -2.79. The summed E-state index contributed by atoms with van der Waals surface area (Å²) in [5.74, 6) is 1.96. The Labute approximate surface area is 202 Å². The van der Waals surface area contributed by atoms with Gasteiger partial charge in [0.15, 0.2) is 0 Å². The van der Waals surface area contributed by atoms with Gasteiger partial charge >= 0.3 is 0 Å². The monoisotopic (exact) mass is 475 g/mol. The Bertz CT molecular complexity index is 1470. The highest BCUT2D eigenvalue weighted by atomic mass is 32.2. The molecule has 3 aromatic carbocycles. The molecule has 0 fully saturated rings. The van der Waals surface area contributed by atoms with Crippen LogP contribution in [0.4, 0.5) is 5.69 Å². The molecule has 34 heavy (non-hydrogen) atoms. The van der Waals surface area contributed by atoms with Crippen molar-refractivity contribution in [2.24, 2.45) is 11.3 Å². The van der Waals surface area contributed by atoms with E-state index in [-0.39, 0.29) is 10.3 Å². The van der Waals surface area contributed by atoms with Gasteiger partial charge in [0.05, 0.1) is 10.6 Å². The molecule has 0 amide bonds. The van der Waals surface area contributed by atoms with E-state index in [0.29, 0.717) is 17.5 Å². The second-order valence-electron chi connectivity index (χ2n) is 11.0. The van der Waals surface area contributed by atoms with Gasteiger partial charge in [-0.3, -0.25) is 4.72 Å². The van der Waals surface area contributed by atoms with Crippen molar-refractivity contribution in [2.75, 3.05) is 4.72 Å². The van der Waals surface area contributed by atoms with Crippen LogP contribution >= 0.6 is 0 Å². The molecule has 0 bridgehead atoms. The first-order valence-corrected chi connectivity index (χ1v) is 13.6. The third-order valence-electron chi connectivity index (χ3n) is 7.38. The molecular weight excluding hydrogens is 442 g/mol. The van der Waals surface area contributed by atoms with Crippen LogP contribution in [0.25, 0.3) is 21.7 Å². The number of sulfonamides is 1. The highest BCUT2D eigenvalue weighted by molar-refractivity contribution is 7.92. The Morgan fingerprint density at radius 2 is 1.65 bits per heavy atom. The number of aryl methyl sites for hydroxylation is 1. The van der Waals surface area contributed by atoms with Gasteiger partial charge in [-0.2, -0.15) is 0 Å². The van der Waals surface area contributed by atoms with Gasteiger partial charge in [-0.15, -0.1) is 0 Å². The maximum absolute atomic E-state index is 13.3. The number of hydrogen-bond donors (Lipinski definition) is 1. The average molecular weight is 476 g/mol. The smallest absolute Gasteiger partial charge is 0.261 e. The Balaban J connectivity index is 1.62. The number of anilines is 1. The summed E-state index contributed by atoms with van der Waals surface area (Å²) in [5.41, 5.74) is 4.01. The first-order valence-electron chi connectivity index (χ1n) is 12.1. The minimum absolute atomic E-state index is 0.213. The van der Waals surface area contributed by atoms with Crippen molar-refractivity contribution in [1.29, 1.82) is 0 Å². The number of furan rings is 1. The Morgan fingerprint density at radius 3 is 2.29 bits per heavy atom. The Morgan fingerprint density at radius 1 is 0.971 bits per heavy atom. The van der Waals surface area contributed by atoms with E-state index in [0.717, 1.165) is 52.3 Å². The lowest BCUT2D eigenvalue weighted by Crippen LogP contribution is -2.26. The molecule has 1 atom stereocenters. The van der Waals surface area contributed by atoms with Gasteiger partial charge < -0.3 is 4.42 Å². The summed E-state index contributed by atoms with van der Waals surface area (Å²) in [7, 11) is -3.73. The molecule has 178 valence electrons. The van der Waals surface area contributed by atoms with E-state index in [1.807, 2.05) is 42.5 Å².